The number of hydrogen-bond acceptors (Lipinski definition) is 4. The molecule has 0 atom stereocenters. The van der Waals surface area contributed by atoms with Crippen LogP contribution in [0.4, 0.5) is 0 Å². The smallest absolute Gasteiger partial charge is 0.423 e. The van der Waals surface area contributed by atoms with Crippen LogP contribution < -0.4 is 5.46 Å². The zero-order valence-electron chi connectivity index (χ0n) is 5.52. The van der Waals surface area contributed by atoms with Crippen LogP contribution in [-0.2, 0) is 0 Å². The van der Waals surface area contributed by atoms with E-state index in [9.17, 15) is 0 Å². The Morgan fingerprint density at radius 2 is 2.00 bits per heavy atom. The molecular formula is C4H5BN2O2. The molecule has 2 N–H and O–H groups in total. The van der Waals surface area contributed by atoms with Crippen molar-refractivity contribution in [3.05, 3.63) is 18.7 Å². The Kier molecular flexibility index (Phi) is 1.40. The van der Waals surface area contributed by atoms with E-state index in [1.54, 1.807) is 0 Å². The summed E-state index contributed by atoms with van der Waals surface area (Å²) < 4.78 is 6.85. The molecule has 0 saturated heterocycles. The van der Waals surface area contributed by atoms with Gasteiger partial charge in [-0.25, -0.2) is 9.97 Å². The number of nitrogens with zero attached hydrogens (tertiary/aromatic N) is 2. The van der Waals surface area contributed by atoms with Gasteiger partial charge in [-0.1, -0.05) is 0 Å². The van der Waals surface area contributed by atoms with Crippen LogP contribution in [0.3, 0.4) is 0 Å². The average Bonchev–Trinajstić information content (AvgIpc) is 1.88. The fraction of sp³-hybridized carbons (Fsp3) is 0. The second-order valence-electron chi connectivity index (χ2n) is 1.49. The molecule has 0 aliphatic rings. The highest BCUT2D eigenvalue weighted by molar-refractivity contribution is 6.58. The largest absolute Gasteiger partial charge is 0.491 e. The predicted molar refractivity (Wildman–Crippen MR) is 31.9 cm³/mol. The first-order valence-corrected chi connectivity index (χ1v) is 2.35. The molecule has 0 aliphatic carbocycles. The van der Waals surface area contributed by atoms with Crippen LogP contribution in [0.1, 0.15) is 1.37 Å². The lowest BCUT2D eigenvalue weighted by molar-refractivity contribution is 0.425. The predicted octanol–water partition coefficient (Wildman–Crippen LogP) is -1.84. The SMILES string of the molecule is [2H]c1ncc(B(O)O)cn1. The van der Waals surface area contributed by atoms with Crippen LogP contribution in [0, 0.1) is 0 Å². The van der Waals surface area contributed by atoms with Gasteiger partial charge in [0.2, 0.25) is 0 Å². The molecule has 0 spiro atoms. The topological polar surface area (TPSA) is 66.2 Å². The minimum Gasteiger partial charge on any atom is -0.423 e. The Labute approximate surface area is 53.8 Å². The number of aromatic nitrogens is 2. The second kappa shape index (κ2) is 2.57. The first kappa shape index (κ1) is 4.90. The Bertz CT molecular complexity index is 215. The molecule has 1 aromatic heterocycles. The van der Waals surface area contributed by atoms with E-state index >= 15 is 0 Å². The van der Waals surface area contributed by atoms with E-state index in [-0.39, 0.29) is 11.8 Å². The minimum atomic E-state index is -1.56. The van der Waals surface area contributed by atoms with Crippen LogP contribution in [0.2, 0.25) is 0 Å². The van der Waals surface area contributed by atoms with E-state index < -0.39 is 7.12 Å². The zero-order chi connectivity index (χ0) is 7.56. The highest BCUT2D eigenvalue weighted by atomic mass is 16.4. The third kappa shape index (κ3) is 1.48. The number of rotatable bonds is 1. The van der Waals surface area contributed by atoms with Crippen LogP contribution in [-0.4, -0.2) is 27.1 Å². The van der Waals surface area contributed by atoms with Gasteiger partial charge in [0.05, 0.1) is 0 Å². The summed E-state index contributed by atoms with van der Waals surface area (Å²) in [5.74, 6) is 0. The highest BCUT2D eigenvalue weighted by Gasteiger charge is 2.09. The van der Waals surface area contributed by atoms with Crippen molar-refractivity contribution in [2.75, 3.05) is 0 Å². The standard InChI is InChI=1S/C4H5BN2O2/c8-5(9)4-1-6-3-7-2-4/h1-3,8-9H/i3D. The van der Waals surface area contributed by atoms with Crippen LogP contribution in [0.5, 0.6) is 0 Å². The van der Waals surface area contributed by atoms with Gasteiger partial charge in [-0.3, -0.25) is 0 Å². The van der Waals surface area contributed by atoms with E-state index in [1.807, 2.05) is 0 Å². The van der Waals surface area contributed by atoms with Crippen molar-refractivity contribution in [2.45, 2.75) is 0 Å². The summed E-state index contributed by atoms with van der Waals surface area (Å²) in [6.07, 6.45) is 2.25. The fourth-order valence-corrected chi connectivity index (χ4v) is 0.407. The zero-order valence-corrected chi connectivity index (χ0v) is 4.52. The van der Waals surface area contributed by atoms with E-state index in [2.05, 4.69) is 9.97 Å². The lowest BCUT2D eigenvalue weighted by Gasteiger charge is -1.92. The first-order chi connectivity index (χ1) is 4.70. The third-order valence-electron chi connectivity index (χ3n) is 0.841. The van der Waals surface area contributed by atoms with Crippen LogP contribution in [0.25, 0.3) is 0 Å². The molecule has 4 nitrogen and oxygen atoms in total. The van der Waals surface area contributed by atoms with Gasteiger partial charge in [0.1, 0.15) is 7.67 Å². The lowest BCUT2D eigenvalue weighted by atomic mass is 9.83. The van der Waals surface area contributed by atoms with Gasteiger partial charge in [-0.05, 0) is 0 Å². The molecular weight excluding hydrogens is 119 g/mol. The van der Waals surface area contributed by atoms with E-state index in [0.29, 0.717) is 0 Å². The molecule has 0 radical (unpaired) electrons. The van der Waals surface area contributed by atoms with Crippen molar-refractivity contribution in [3.63, 3.8) is 0 Å². The average molecular weight is 125 g/mol. The maximum atomic E-state index is 8.53. The molecule has 9 heavy (non-hydrogen) atoms. The normalized spacial score (nSPS) is 10.7. The van der Waals surface area contributed by atoms with Crippen molar-refractivity contribution in [1.29, 1.82) is 0 Å². The molecule has 0 aliphatic heterocycles. The van der Waals surface area contributed by atoms with E-state index in [4.69, 9.17) is 11.4 Å². The summed E-state index contributed by atoms with van der Waals surface area (Å²) >= 11 is 0. The Morgan fingerprint density at radius 1 is 1.44 bits per heavy atom. The Hall–Kier alpha value is -0.935. The summed E-state index contributed by atoms with van der Waals surface area (Å²) in [7, 11) is -1.56. The van der Waals surface area contributed by atoms with Crippen LogP contribution >= 0.6 is 0 Å². The minimum absolute atomic E-state index is 0.135. The van der Waals surface area contributed by atoms with Gasteiger partial charge in [0, 0.05) is 17.9 Å². The Morgan fingerprint density at radius 3 is 2.44 bits per heavy atom. The molecule has 0 aromatic carbocycles. The maximum Gasteiger partial charge on any atom is 0.491 e. The van der Waals surface area contributed by atoms with E-state index in [0.717, 1.165) is 0 Å². The van der Waals surface area contributed by atoms with Gasteiger partial charge in [-0.15, -0.1) is 0 Å². The highest BCUT2D eigenvalue weighted by Crippen LogP contribution is 1.72. The van der Waals surface area contributed by atoms with Crippen molar-refractivity contribution in [1.82, 2.24) is 9.97 Å². The molecule has 0 unspecified atom stereocenters. The Balaban J connectivity index is 2.89. The third-order valence-corrected chi connectivity index (χ3v) is 0.841. The van der Waals surface area contributed by atoms with Crippen LogP contribution in [0.15, 0.2) is 18.7 Å². The molecule has 0 fully saturated rings. The van der Waals surface area contributed by atoms with Crippen molar-refractivity contribution < 1.29 is 11.4 Å². The van der Waals surface area contributed by atoms with Gasteiger partial charge in [0.25, 0.3) is 0 Å². The first-order valence-electron chi connectivity index (χ1n) is 2.85. The lowest BCUT2D eigenvalue weighted by Crippen LogP contribution is -2.30. The van der Waals surface area contributed by atoms with Gasteiger partial charge in [0.15, 0.2) is 0 Å². The number of hydrogen-bond donors (Lipinski definition) is 2. The molecule has 0 saturated carbocycles. The van der Waals surface area contributed by atoms with E-state index in [1.165, 1.54) is 12.4 Å². The molecule has 0 amide bonds. The van der Waals surface area contributed by atoms with Crippen molar-refractivity contribution >= 4 is 12.6 Å². The quantitative estimate of drug-likeness (QED) is 0.432. The molecule has 5 heteroatoms. The van der Waals surface area contributed by atoms with Crippen molar-refractivity contribution in [3.8, 4) is 0 Å². The summed E-state index contributed by atoms with van der Waals surface area (Å²) in [6, 6.07) is 0. The molecule has 1 aromatic rings. The fourth-order valence-electron chi connectivity index (χ4n) is 0.407. The second-order valence-corrected chi connectivity index (χ2v) is 1.49. The summed E-state index contributed by atoms with van der Waals surface area (Å²) in [4.78, 5) is 6.87. The summed E-state index contributed by atoms with van der Waals surface area (Å²) in [5, 5.41) is 17.1. The maximum absolute atomic E-state index is 8.53. The molecule has 1 heterocycles. The molecule has 0 bridgehead atoms. The molecule has 1 rings (SSSR count). The van der Waals surface area contributed by atoms with Crippen molar-refractivity contribution in [2.24, 2.45) is 0 Å². The monoisotopic (exact) mass is 125 g/mol. The summed E-state index contributed by atoms with van der Waals surface area (Å²) in [6.45, 7) is 0. The van der Waals surface area contributed by atoms with Gasteiger partial charge >= 0.3 is 7.12 Å². The summed E-state index contributed by atoms with van der Waals surface area (Å²) in [5.41, 5.74) is 0.191. The van der Waals surface area contributed by atoms with Gasteiger partial charge in [-0.2, -0.15) is 0 Å². The molecule has 46 valence electrons. The van der Waals surface area contributed by atoms with Gasteiger partial charge < -0.3 is 10.0 Å².